The lowest BCUT2D eigenvalue weighted by molar-refractivity contribution is -0.123. The average molecular weight is 326 g/mol. The highest BCUT2D eigenvalue weighted by Gasteiger charge is 2.08. The van der Waals surface area contributed by atoms with E-state index < -0.39 is 0 Å². The van der Waals surface area contributed by atoms with Gasteiger partial charge in [-0.2, -0.15) is 5.10 Å². The van der Waals surface area contributed by atoms with Crippen LogP contribution in [0.15, 0.2) is 53.6 Å². The summed E-state index contributed by atoms with van der Waals surface area (Å²) >= 11 is 0. The molecule has 1 amide bonds. The maximum atomic E-state index is 11.9. The summed E-state index contributed by atoms with van der Waals surface area (Å²) in [6, 6.07) is 15.1. The highest BCUT2D eigenvalue weighted by molar-refractivity contribution is 5.85. The Morgan fingerprint density at radius 3 is 2.50 bits per heavy atom. The van der Waals surface area contributed by atoms with Gasteiger partial charge in [-0.3, -0.25) is 4.79 Å². The highest BCUT2D eigenvalue weighted by atomic mass is 16.5. The lowest BCUT2D eigenvalue weighted by Crippen LogP contribution is -2.24. The Labute approximate surface area is 142 Å². The van der Waals surface area contributed by atoms with Gasteiger partial charge in [0.25, 0.3) is 5.91 Å². The number of carbonyl (C=O) groups is 1. The van der Waals surface area contributed by atoms with Crippen molar-refractivity contribution in [2.24, 2.45) is 5.10 Å². The minimum atomic E-state index is -0.320. The molecule has 0 radical (unpaired) electrons. The van der Waals surface area contributed by atoms with E-state index >= 15 is 0 Å². The molecule has 0 bridgehead atoms. The normalized spacial score (nSPS) is 10.8. The summed E-state index contributed by atoms with van der Waals surface area (Å²) in [7, 11) is 1.59. The van der Waals surface area contributed by atoms with Crippen LogP contribution in [0.25, 0.3) is 0 Å². The second kappa shape index (κ2) is 8.72. The van der Waals surface area contributed by atoms with Gasteiger partial charge in [-0.1, -0.05) is 44.2 Å². The van der Waals surface area contributed by atoms with Crippen LogP contribution in [-0.4, -0.2) is 25.8 Å². The van der Waals surface area contributed by atoms with Crippen LogP contribution in [0.2, 0.25) is 0 Å². The Morgan fingerprint density at radius 2 is 1.79 bits per heavy atom. The number of nitrogens with zero attached hydrogens (tertiary/aromatic N) is 1. The molecule has 0 aliphatic carbocycles. The van der Waals surface area contributed by atoms with Gasteiger partial charge < -0.3 is 9.47 Å². The monoisotopic (exact) mass is 326 g/mol. The average Bonchev–Trinajstić information content (AvgIpc) is 2.60. The number of methoxy groups -OCH3 is 1. The first-order chi connectivity index (χ1) is 11.6. The molecule has 0 aromatic heterocycles. The van der Waals surface area contributed by atoms with Crippen molar-refractivity contribution < 1.29 is 14.3 Å². The third kappa shape index (κ3) is 4.84. The van der Waals surface area contributed by atoms with Gasteiger partial charge in [-0.25, -0.2) is 5.43 Å². The molecular weight excluding hydrogens is 304 g/mol. The van der Waals surface area contributed by atoms with Gasteiger partial charge in [0.1, 0.15) is 11.5 Å². The van der Waals surface area contributed by atoms with E-state index in [4.69, 9.17) is 9.47 Å². The van der Waals surface area contributed by atoms with Gasteiger partial charge in [-0.15, -0.1) is 0 Å². The van der Waals surface area contributed by atoms with Crippen LogP contribution >= 0.6 is 0 Å². The predicted octanol–water partition coefficient (Wildman–Crippen LogP) is 3.35. The fraction of sp³-hybridized carbons (Fsp3) is 0.263. The maximum Gasteiger partial charge on any atom is 0.277 e. The quantitative estimate of drug-likeness (QED) is 0.627. The van der Waals surface area contributed by atoms with Crippen molar-refractivity contribution in [3.8, 4) is 11.5 Å². The number of benzene rings is 2. The van der Waals surface area contributed by atoms with Crippen LogP contribution in [-0.2, 0) is 4.79 Å². The van der Waals surface area contributed by atoms with E-state index in [1.807, 2.05) is 48.5 Å². The standard InChI is InChI=1S/C19H22N2O3/c1-14(2)16-9-5-7-11-18(16)24-13-19(22)21-20-12-15-8-4-6-10-17(15)23-3/h4-12,14H,13H2,1-3H3,(H,21,22)/b20-12+. The summed E-state index contributed by atoms with van der Waals surface area (Å²) in [5, 5.41) is 3.94. The van der Waals surface area contributed by atoms with Crippen LogP contribution in [0.4, 0.5) is 0 Å². The molecule has 0 fully saturated rings. The van der Waals surface area contributed by atoms with E-state index in [-0.39, 0.29) is 12.5 Å². The van der Waals surface area contributed by atoms with E-state index in [0.717, 1.165) is 16.9 Å². The molecule has 5 nitrogen and oxygen atoms in total. The van der Waals surface area contributed by atoms with Gasteiger partial charge in [-0.05, 0) is 29.7 Å². The fourth-order valence-electron chi connectivity index (χ4n) is 2.21. The van der Waals surface area contributed by atoms with Crippen molar-refractivity contribution in [2.75, 3.05) is 13.7 Å². The van der Waals surface area contributed by atoms with E-state index in [1.54, 1.807) is 13.3 Å². The van der Waals surface area contributed by atoms with E-state index in [0.29, 0.717) is 11.7 Å². The van der Waals surface area contributed by atoms with Gasteiger partial charge in [0.05, 0.1) is 13.3 Å². The number of nitrogens with one attached hydrogen (secondary N) is 1. The molecule has 0 unspecified atom stereocenters. The van der Waals surface area contributed by atoms with E-state index in [2.05, 4.69) is 24.4 Å². The Bertz CT molecular complexity index is 711. The van der Waals surface area contributed by atoms with E-state index in [9.17, 15) is 4.79 Å². The highest BCUT2D eigenvalue weighted by Crippen LogP contribution is 2.25. The number of para-hydroxylation sites is 2. The molecule has 2 aromatic rings. The fourth-order valence-corrected chi connectivity index (χ4v) is 2.21. The van der Waals surface area contributed by atoms with Crippen molar-refractivity contribution >= 4 is 12.1 Å². The lowest BCUT2D eigenvalue weighted by Gasteiger charge is -2.13. The van der Waals surface area contributed by atoms with Crippen molar-refractivity contribution in [1.82, 2.24) is 5.43 Å². The van der Waals surface area contributed by atoms with Crippen LogP contribution in [0.5, 0.6) is 11.5 Å². The first-order valence-electron chi connectivity index (χ1n) is 7.78. The van der Waals surface area contributed by atoms with Crippen LogP contribution < -0.4 is 14.9 Å². The van der Waals surface area contributed by atoms with Crippen LogP contribution in [0, 0.1) is 0 Å². The van der Waals surface area contributed by atoms with Gasteiger partial charge in [0.2, 0.25) is 0 Å². The first-order valence-corrected chi connectivity index (χ1v) is 7.78. The topological polar surface area (TPSA) is 59.9 Å². The second-order valence-corrected chi connectivity index (χ2v) is 5.52. The predicted molar refractivity (Wildman–Crippen MR) is 94.8 cm³/mol. The van der Waals surface area contributed by atoms with Crippen LogP contribution in [0.3, 0.4) is 0 Å². The smallest absolute Gasteiger partial charge is 0.277 e. The summed E-state index contributed by atoms with van der Waals surface area (Å²) in [6.45, 7) is 4.08. The molecule has 126 valence electrons. The summed E-state index contributed by atoms with van der Waals surface area (Å²) < 4.78 is 10.8. The number of hydrogen-bond donors (Lipinski definition) is 1. The summed E-state index contributed by atoms with van der Waals surface area (Å²) in [5.74, 6) is 1.42. The summed E-state index contributed by atoms with van der Waals surface area (Å²) in [4.78, 5) is 11.9. The van der Waals surface area contributed by atoms with Crippen molar-refractivity contribution in [3.63, 3.8) is 0 Å². The Morgan fingerprint density at radius 1 is 1.12 bits per heavy atom. The minimum Gasteiger partial charge on any atom is -0.496 e. The molecule has 0 saturated heterocycles. The maximum absolute atomic E-state index is 11.9. The van der Waals surface area contributed by atoms with Crippen molar-refractivity contribution in [1.29, 1.82) is 0 Å². The molecule has 0 heterocycles. The molecule has 0 spiro atoms. The number of hydrogen-bond acceptors (Lipinski definition) is 4. The van der Waals surface area contributed by atoms with Crippen LogP contribution in [0.1, 0.15) is 30.9 Å². The number of rotatable bonds is 7. The molecule has 24 heavy (non-hydrogen) atoms. The Balaban J connectivity index is 1.89. The van der Waals surface area contributed by atoms with Crippen molar-refractivity contribution in [2.45, 2.75) is 19.8 Å². The lowest BCUT2D eigenvalue weighted by atomic mass is 10.0. The number of hydrazone groups is 1. The third-order valence-corrected chi connectivity index (χ3v) is 3.43. The zero-order valence-electron chi connectivity index (χ0n) is 14.2. The zero-order chi connectivity index (χ0) is 17.4. The molecule has 0 aliphatic heterocycles. The number of carbonyl (C=O) groups excluding carboxylic acids is 1. The SMILES string of the molecule is COc1ccccc1/C=N/NC(=O)COc1ccccc1C(C)C. The Hall–Kier alpha value is -2.82. The largest absolute Gasteiger partial charge is 0.496 e. The molecule has 1 N–H and O–H groups in total. The number of amides is 1. The molecule has 0 atom stereocenters. The summed E-state index contributed by atoms with van der Waals surface area (Å²) in [6.07, 6.45) is 1.54. The molecular formula is C19H22N2O3. The summed E-state index contributed by atoms with van der Waals surface area (Å²) in [5.41, 5.74) is 4.31. The zero-order valence-corrected chi connectivity index (χ0v) is 14.2. The van der Waals surface area contributed by atoms with Gasteiger partial charge in [0.15, 0.2) is 6.61 Å². The number of ether oxygens (including phenoxy) is 2. The first kappa shape index (κ1) is 17.5. The second-order valence-electron chi connectivity index (χ2n) is 5.52. The molecule has 0 saturated carbocycles. The minimum absolute atomic E-state index is 0.0903. The Kier molecular flexibility index (Phi) is 6.37. The van der Waals surface area contributed by atoms with Gasteiger partial charge >= 0.3 is 0 Å². The molecule has 2 rings (SSSR count). The molecule has 5 heteroatoms. The van der Waals surface area contributed by atoms with Gasteiger partial charge in [0, 0.05) is 5.56 Å². The third-order valence-electron chi connectivity index (χ3n) is 3.43. The van der Waals surface area contributed by atoms with E-state index in [1.165, 1.54) is 0 Å². The molecule has 2 aromatic carbocycles. The molecule has 0 aliphatic rings. The van der Waals surface area contributed by atoms with Crippen molar-refractivity contribution in [3.05, 3.63) is 59.7 Å².